The van der Waals surface area contributed by atoms with Crippen LogP contribution < -0.4 is 10.1 Å². The molecule has 4 nitrogen and oxygen atoms in total. The van der Waals surface area contributed by atoms with E-state index >= 15 is 0 Å². The van der Waals surface area contributed by atoms with Crippen molar-refractivity contribution in [2.24, 2.45) is 0 Å². The molecule has 0 saturated carbocycles. The van der Waals surface area contributed by atoms with Gasteiger partial charge in [0.1, 0.15) is 17.7 Å². The van der Waals surface area contributed by atoms with E-state index in [-0.39, 0.29) is 6.17 Å². The molecule has 1 atom stereocenters. The van der Waals surface area contributed by atoms with Gasteiger partial charge in [0.15, 0.2) is 0 Å². The Bertz CT molecular complexity index is 1080. The van der Waals surface area contributed by atoms with Gasteiger partial charge in [-0.2, -0.15) is 0 Å². The maximum atomic E-state index is 5.42. The Morgan fingerprint density at radius 1 is 0.960 bits per heavy atom. The lowest BCUT2D eigenvalue weighted by molar-refractivity contribution is 0.413. The molecule has 1 aliphatic rings. The Balaban J connectivity index is 1.80. The third kappa shape index (κ3) is 2.11. The van der Waals surface area contributed by atoms with Crippen molar-refractivity contribution in [3.05, 3.63) is 78.4 Å². The van der Waals surface area contributed by atoms with E-state index in [0.29, 0.717) is 0 Å². The molecule has 122 valence electrons. The maximum absolute atomic E-state index is 5.42. The predicted octanol–water partition coefficient (Wildman–Crippen LogP) is 4.68. The van der Waals surface area contributed by atoms with Crippen LogP contribution in [0, 0.1) is 0 Å². The molecule has 4 heteroatoms. The van der Waals surface area contributed by atoms with Gasteiger partial charge in [-0.3, -0.25) is 4.57 Å². The Morgan fingerprint density at radius 3 is 2.72 bits per heavy atom. The molecule has 25 heavy (non-hydrogen) atoms. The Hall–Kier alpha value is -3.27. The van der Waals surface area contributed by atoms with Gasteiger partial charge in [0.05, 0.1) is 18.1 Å². The number of aromatic nitrogens is 2. The molecule has 5 rings (SSSR count). The number of rotatable bonds is 2. The van der Waals surface area contributed by atoms with Gasteiger partial charge in [-0.15, -0.1) is 0 Å². The van der Waals surface area contributed by atoms with Crippen molar-refractivity contribution in [2.75, 3.05) is 12.4 Å². The topological polar surface area (TPSA) is 39.1 Å². The molecule has 1 unspecified atom stereocenters. The number of nitrogens with one attached hydrogen (secondary N) is 1. The standard InChI is InChI=1S/C21H17N3O/c1-25-15-8-6-7-14(13-15)20-22-17-10-3-2-9-16(17)21-23-18-11-4-5-12-19(18)24(20)21/h2-13,20,22H,1H3. The van der Waals surface area contributed by atoms with Crippen molar-refractivity contribution in [3.8, 4) is 17.1 Å². The highest BCUT2D eigenvalue weighted by molar-refractivity contribution is 5.86. The molecule has 0 bridgehead atoms. The van der Waals surface area contributed by atoms with Crippen LogP contribution in [0.4, 0.5) is 5.69 Å². The summed E-state index contributed by atoms with van der Waals surface area (Å²) in [5.41, 5.74) is 5.48. The average molecular weight is 327 g/mol. The number of para-hydroxylation sites is 3. The summed E-state index contributed by atoms with van der Waals surface area (Å²) < 4.78 is 7.69. The number of hydrogen-bond acceptors (Lipinski definition) is 3. The quantitative estimate of drug-likeness (QED) is 0.581. The summed E-state index contributed by atoms with van der Waals surface area (Å²) in [6, 6.07) is 24.8. The fraction of sp³-hybridized carbons (Fsp3) is 0.0952. The van der Waals surface area contributed by atoms with Crippen molar-refractivity contribution in [1.82, 2.24) is 9.55 Å². The van der Waals surface area contributed by atoms with E-state index in [2.05, 4.69) is 58.4 Å². The summed E-state index contributed by atoms with van der Waals surface area (Å²) in [5.74, 6) is 1.84. The minimum Gasteiger partial charge on any atom is -0.497 e. The Kier molecular flexibility index (Phi) is 3.04. The largest absolute Gasteiger partial charge is 0.497 e. The van der Waals surface area contributed by atoms with Gasteiger partial charge < -0.3 is 10.1 Å². The molecular formula is C21H17N3O. The van der Waals surface area contributed by atoms with Crippen LogP contribution in [0.15, 0.2) is 72.8 Å². The van der Waals surface area contributed by atoms with Gasteiger partial charge in [0.25, 0.3) is 0 Å². The number of fused-ring (bicyclic) bond motifs is 5. The normalized spacial score (nSPS) is 15.3. The molecule has 1 aromatic heterocycles. The molecule has 4 aromatic rings. The predicted molar refractivity (Wildman–Crippen MR) is 99.9 cm³/mol. The average Bonchev–Trinajstić information content (AvgIpc) is 3.07. The lowest BCUT2D eigenvalue weighted by Crippen LogP contribution is -2.24. The van der Waals surface area contributed by atoms with Gasteiger partial charge in [-0.25, -0.2) is 4.98 Å². The van der Waals surface area contributed by atoms with Crippen LogP contribution in [-0.4, -0.2) is 16.7 Å². The second-order valence-corrected chi connectivity index (χ2v) is 6.16. The first-order valence-corrected chi connectivity index (χ1v) is 8.32. The molecule has 0 aliphatic carbocycles. The zero-order chi connectivity index (χ0) is 16.8. The third-order valence-corrected chi connectivity index (χ3v) is 4.72. The summed E-state index contributed by atoms with van der Waals surface area (Å²) in [6.45, 7) is 0. The number of benzene rings is 3. The Labute approximate surface area is 145 Å². The van der Waals surface area contributed by atoms with Crippen LogP contribution in [0.1, 0.15) is 11.7 Å². The molecule has 0 spiro atoms. The lowest BCUT2D eigenvalue weighted by atomic mass is 10.1. The fourth-order valence-electron chi connectivity index (χ4n) is 3.56. The summed E-state index contributed by atoms with van der Waals surface area (Å²) in [5, 5.41) is 3.67. The molecule has 0 radical (unpaired) electrons. The van der Waals surface area contributed by atoms with Crippen LogP contribution in [0.25, 0.3) is 22.4 Å². The van der Waals surface area contributed by atoms with Gasteiger partial charge in [0, 0.05) is 11.3 Å². The van der Waals surface area contributed by atoms with E-state index in [1.54, 1.807) is 7.11 Å². The summed E-state index contributed by atoms with van der Waals surface area (Å²) in [7, 11) is 1.70. The molecule has 2 heterocycles. The first-order valence-electron chi connectivity index (χ1n) is 8.32. The minimum atomic E-state index is -0.0348. The molecule has 0 amide bonds. The second-order valence-electron chi connectivity index (χ2n) is 6.16. The highest BCUT2D eigenvalue weighted by Gasteiger charge is 2.28. The maximum Gasteiger partial charge on any atom is 0.145 e. The Morgan fingerprint density at radius 2 is 1.80 bits per heavy atom. The number of anilines is 1. The van der Waals surface area contributed by atoms with E-state index < -0.39 is 0 Å². The highest BCUT2D eigenvalue weighted by atomic mass is 16.5. The van der Waals surface area contributed by atoms with Crippen LogP contribution in [0.3, 0.4) is 0 Å². The van der Waals surface area contributed by atoms with Gasteiger partial charge in [-0.05, 0) is 42.0 Å². The first-order chi connectivity index (χ1) is 12.3. The minimum absolute atomic E-state index is 0.0348. The summed E-state index contributed by atoms with van der Waals surface area (Å²) >= 11 is 0. The van der Waals surface area contributed by atoms with Crippen molar-refractivity contribution in [3.63, 3.8) is 0 Å². The molecule has 3 aromatic carbocycles. The van der Waals surface area contributed by atoms with E-state index in [4.69, 9.17) is 9.72 Å². The zero-order valence-electron chi connectivity index (χ0n) is 13.8. The molecule has 0 saturated heterocycles. The molecular weight excluding hydrogens is 310 g/mol. The van der Waals surface area contributed by atoms with Crippen LogP contribution in [0.5, 0.6) is 5.75 Å². The number of nitrogens with zero attached hydrogens (tertiary/aromatic N) is 2. The van der Waals surface area contributed by atoms with E-state index in [0.717, 1.165) is 39.4 Å². The SMILES string of the molecule is COc1cccc(C2Nc3ccccc3-c3nc4ccccc4n32)c1. The molecule has 1 N–H and O–H groups in total. The molecule has 1 aliphatic heterocycles. The monoisotopic (exact) mass is 327 g/mol. The molecule has 0 fully saturated rings. The van der Waals surface area contributed by atoms with Gasteiger partial charge in [0.2, 0.25) is 0 Å². The second kappa shape index (κ2) is 5.38. The third-order valence-electron chi connectivity index (χ3n) is 4.72. The van der Waals surface area contributed by atoms with Crippen LogP contribution >= 0.6 is 0 Å². The van der Waals surface area contributed by atoms with E-state index in [1.807, 2.05) is 24.3 Å². The number of ether oxygens (including phenoxy) is 1. The summed E-state index contributed by atoms with van der Waals surface area (Å²) in [6.07, 6.45) is -0.0348. The van der Waals surface area contributed by atoms with Gasteiger partial charge >= 0.3 is 0 Å². The first kappa shape index (κ1) is 14.1. The van der Waals surface area contributed by atoms with E-state index in [1.165, 1.54) is 0 Å². The summed E-state index contributed by atoms with van der Waals surface area (Å²) in [4.78, 5) is 4.90. The van der Waals surface area contributed by atoms with Crippen molar-refractivity contribution >= 4 is 16.7 Å². The van der Waals surface area contributed by atoms with E-state index in [9.17, 15) is 0 Å². The lowest BCUT2D eigenvalue weighted by Gasteiger charge is -2.30. The fourth-order valence-corrected chi connectivity index (χ4v) is 3.56. The number of imidazole rings is 1. The smallest absolute Gasteiger partial charge is 0.145 e. The van der Waals surface area contributed by atoms with Crippen LogP contribution in [0.2, 0.25) is 0 Å². The number of methoxy groups -OCH3 is 1. The van der Waals surface area contributed by atoms with Crippen LogP contribution in [-0.2, 0) is 0 Å². The number of hydrogen-bond donors (Lipinski definition) is 1. The van der Waals surface area contributed by atoms with Gasteiger partial charge in [-0.1, -0.05) is 36.4 Å². The van der Waals surface area contributed by atoms with Crippen molar-refractivity contribution < 1.29 is 4.74 Å². The van der Waals surface area contributed by atoms with Crippen molar-refractivity contribution in [2.45, 2.75) is 6.17 Å². The zero-order valence-corrected chi connectivity index (χ0v) is 13.8. The highest BCUT2D eigenvalue weighted by Crippen LogP contribution is 2.40. The van der Waals surface area contributed by atoms with Crippen molar-refractivity contribution in [1.29, 1.82) is 0 Å².